The Morgan fingerprint density at radius 1 is 1.29 bits per heavy atom. The van der Waals surface area contributed by atoms with Crippen LogP contribution in [0, 0.1) is 15.9 Å². The molecule has 0 aliphatic carbocycles. The number of aromatic nitrogens is 3. The van der Waals surface area contributed by atoms with Crippen molar-refractivity contribution >= 4 is 16.9 Å². The van der Waals surface area contributed by atoms with Crippen molar-refractivity contribution in [2.75, 3.05) is 32.1 Å². The Morgan fingerprint density at radius 3 is 2.68 bits per heavy atom. The van der Waals surface area contributed by atoms with Gasteiger partial charge in [0.1, 0.15) is 5.82 Å². The van der Waals surface area contributed by atoms with Crippen molar-refractivity contribution in [2.24, 2.45) is 12.8 Å². The van der Waals surface area contributed by atoms with E-state index in [0.717, 1.165) is 11.1 Å². The van der Waals surface area contributed by atoms with Crippen molar-refractivity contribution in [1.82, 2.24) is 24.8 Å². The average molecular weight is 525 g/mol. The molecular weight excluding hydrogens is 491 g/mol. The van der Waals surface area contributed by atoms with Gasteiger partial charge in [0.05, 0.1) is 22.4 Å². The summed E-state index contributed by atoms with van der Waals surface area (Å²) in [6, 6.07) is 6.34. The molecule has 0 saturated carbocycles. The number of dihydropyridines is 1. The predicted molar refractivity (Wildman–Crippen MR) is 144 cm³/mol. The van der Waals surface area contributed by atoms with E-state index >= 15 is 0 Å². The molecular formula is C26H33FN8O3. The minimum Gasteiger partial charge on any atom is -0.475 e. The van der Waals surface area contributed by atoms with Crippen LogP contribution in [0.4, 0.5) is 10.3 Å². The zero-order chi connectivity index (χ0) is 27.8. The van der Waals surface area contributed by atoms with E-state index in [1.807, 2.05) is 50.7 Å². The van der Waals surface area contributed by atoms with Gasteiger partial charge in [-0.2, -0.15) is 0 Å². The molecule has 1 unspecified atom stereocenters. The number of ether oxygens (including phenoxy) is 1. The lowest BCUT2D eigenvalue weighted by molar-refractivity contribution is -0.436. The molecule has 3 aromatic rings. The normalized spacial score (nSPS) is 17.7. The lowest BCUT2D eigenvalue weighted by Gasteiger charge is -2.42. The third kappa shape index (κ3) is 5.12. The summed E-state index contributed by atoms with van der Waals surface area (Å²) in [4.78, 5) is 24.8. The fourth-order valence-corrected chi connectivity index (χ4v) is 4.50. The van der Waals surface area contributed by atoms with Crippen LogP contribution in [0.5, 0.6) is 0 Å². The fraction of sp³-hybridized carbons (Fsp3) is 0.385. The van der Waals surface area contributed by atoms with Crippen LogP contribution in [0.3, 0.4) is 0 Å². The fourth-order valence-electron chi connectivity index (χ4n) is 4.50. The summed E-state index contributed by atoms with van der Waals surface area (Å²) in [5.74, 6) is 0.141. The maximum Gasteiger partial charge on any atom is 0.294 e. The zero-order valence-electron chi connectivity index (χ0n) is 22.4. The van der Waals surface area contributed by atoms with E-state index in [1.165, 1.54) is 18.2 Å². The number of nitrogens with one attached hydrogen (secondary N) is 1. The highest BCUT2D eigenvalue weighted by Crippen LogP contribution is 2.34. The molecule has 202 valence electrons. The molecule has 0 spiro atoms. The van der Waals surface area contributed by atoms with Gasteiger partial charge in [0, 0.05) is 55.1 Å². The third-order valence-electron chi connectivity index (χ3n) is 6.38. The van der Waals surface area contributed by atoms with Crippen LogP contribution in [0.25, 0.3) is 22.2 Å². The second kappa shape index (κ2) is 10.3. The Balaban J connectivity index is 1.85. The highest BCUT2D eigenvalue weighted by atomic mass is 19.1. The first kappa shape index (κ1) is 26.9. The molecule has 1 aliphatic heterocycles. The van der Waals surface area contributed by atoms with E-state index in [-0.39, 0.29) is 35.1 Å². The molecule has 0 fully saturated rings. The number of halogens is 1. The van der Waals surface area contributed by atoms with Crippen molar-refractivity contribution in [2.45, 2.75) is 32.5 Å². The number of fused-ring (bicyclic) bond motifs is 1. The van der Waals surface area contributed by atoms with Gasteiger partial charge in [0.15, 0.2) is 0 Å². The number of nitrogens with zero attached hydrogens (tertiary/aromatic N) is 6. The monoisotopic (exact) mass is 524 g/mol. The van der Waals surface area contributed by atoms with Crippen molar-refractivity contribution < 1.29 is 14.1 Å². The second-order valence-corrected chi connectivity index (χ2v) is 9.95. The molecule has 0 radical (unpaired) electrons. The van der Waals surface area contributed by atoms with E-state index in [2.05, 4.69) is 10.3 Å². The van der Waals surface area contributed by atoms with Gasteiger partial charge in [0.25, 0.3) is 5.70 Å². The summed E-state index contributed by atoms with van der Waals surface area (Å²) in [6.07, 6.45) is 4.57. The van der Waals surface area contributed by atoms with E-state index in [0.29, 0.717) is 24.2 Å². The molecule has 0 amide bonds. The van der Waals surface area contributed by atoms with Gasteiger partial charge in [-0.15, -0.1) is 0 Å². The Hall–Kier alpha value is -4.19. The lowest BCUT2D eigenvalue weighted by atomic mass is 10.0. The van der Waals surface area contributed by atoms with E-state index in [9.17, 15) is 14.5 Å². The van der Waals surface area contributed by atoms with E-state index in [4.69, 9.17) is 15.5 Å². The highest BCUT2D eigenvalue weighted by molar-refractivity contribution is 5.95. The molecule has 0 saturated heterocycles. The number of benzene rings is 1. The summed E-state index contributed by atoms with van der Waals surface area (Å²) in [5.41, 5.74) is 6.80. The number of allylic oxidation sites excluding steroid dienone is 1. The number of hydrogen-bond donors (Lipinski definition) is 2. The summed E-state index contributed by atoms with van der Waals surface area (Å²) >= 11 is 0. The van der Waals surface area contributed by atoms with Crippen molar-refractivity contribution in [1.29, 1.82) is 0 Å². The standard InChI is InChI=1S/C26H33FN8O3/c1-16(2)38-24-20(28)14-23(35(36)37)26(3,31-24)34(12-11-32(4)5)25-29-10-9-21(30-25)19-15-33(6)22-8-7-17(27)13-18(19)22/h7-10,13-16,31H,11-12,28H2,1-6H3. The molecule has 4 rings (SSSR count). The minimum absolute atomic E-state index is 0.128. The van der Waals surface area contributed by atoms with Crippen LogP contribution in [-0.2, 0) is 11.8 Å². The maximum absolute atomic E-state index is 14.1. The van der Waals surface area contributed by atoms with Crippen molar-refractivity contribution in [3.05, 3.63) is 75.9 Å². The number of nitrogens with two attached hydrogens (primary N) is 1. The van der Waals surface area contributed by atoms with Gasteiger partial charge in [-0.3, -0.25) is 10.1 Å². The molecule has 1 atom stereocenters. The first-order valence-corrected chi connectivity index (χ1v) is 12.2. The summed E-state index contributed by atoms with van der Waals surface area (Å²) in [5, 5.41) is 16.1. The molecule has 2 aromatic heterocycles. The smallest absolute Gasteiger partial charge is 0.294 e. The Kier molecular flexibility index (Phi) is 7.27. The summed E-state index contributed by atoms with van der Waals surface area (Å²) in [6.45, 7) is 6.25. The highest BCUT2D eigenvalue weighted by Gasteiger charge is 2.48. The van der Waals surface area contributed by atoms with E-state index < -0.39 is 10.6 Å². The molecule has 3 heterocycles. The number of rotatable bonds is 9. The van der Waals surface area contributed by atoms with E-state index in [1.54, 1.807) is 30.2 Å². The number of likely N-dealkylation sites (N-methyl/N-ethyl adjacent to an activating group) is 1. The molecule has 1 aromatic carbocycles. The molecule has 12 heteroatoms. The van der Waals surface area contributed by atoms with Gasteiger partial charge < -0.3 is 30.2 Å². The average Bonchev–Trinajstić information content (AvgIpc) is 3.16. The largest absolute Gasteiger partial charge is 0.475 e. The maximum atomic E-state index is 14.1. The van der Waals surface area contributed by atoms with Gasteiger partial charge >= 0.3 is 0 Å². The van der Waals surface area contributed by atoms with Gasteiger partial charge in [-0.05, 0) is 59.1 Å². The summed E-state index contributed by atoms with van der Waals surface area (Å²) in [7, 11) is 5.70. The Bertz CT molecular complexity index is 1430. The number of hydrogen-bond acceptors (Lipinski definition) is 9. The number of aryl methyl sites for hydroxylation is 1. The first-order chi connectivity index (χ1) is 17.9. The third-order valence-corrected chi connectivity index (χ3v) is 6.38. The minimum atomic E-state index is -1.41. The Labute approximate surface area is 220 Å². The van der Waals surface area contributed by atoms with Crippen LogP contribution < -0.4 is 16.0 Å². The topological polar surface area (TPSA) is 128 Å². The summed E-state index contributed by atoms with van der Waals surface area (Å²) < 4.78 is 21.9. The SMILES string of the molecule is CC(C)OC1=C(N)C=C([N+](=O)[O-])C(C)(N(CCN(C)C)c2nccc(-c3cn(C)c4ccc(F)cc34)n2)N1. The predicted octanol–water partition coefficient (Wildman–Crippen LogP) is 3.18. The van der Waals surface area contributed by atoms with Crippen LogP contribution in [0.1, 0.15) is 20.8 Å². The molecule has 0 bridgehead atoms. The zero-order valence-corrected chi connectivity index (χ0v) is 22.4. The second-order valence-electron chi connectivity index (χ2n) is 9.95. The first-order valence-electron chi connectivity index (χ1n) is 12.2. The van der Waals surface area contributed by atoms with Crippen LogP contribution in [0.15, 0.2) is 60.0 Å². The van der Waals surface area contributed by atoms with Crippen molar-refractivity contribution in [3.8, 4) is 11.3 Å². The lowest BCUT2D eigenvalue weighted by Crippen LogP contribution is -2.63. The van der Waals surface area contributed by atoms with Crippen LogP contribution in [-0.4, -0.2) is 63.3 Å². The van der Waals surface area contributed by atoms with Gasteiger partial charge in [-0.1, -0.05) is 0 Å². The number of nitro groups is 1. The van der Waals surface area contributed by atoms with Crippen LogP contribution in [0.2, 0.25) is 0 Å². The molecule has 3 N–H and O–H groups in total. The Morgan fingerprint density at radius 2 is 2.03 bits per heavy atom. The van der Waals surface area contributed by atoms with Gasteiger partial charge in [0.2, 0.25) is 17.5 Å². The molecule has 11 nitrogen and oxygen atoms in total. The quantitative estimate of drug-likeness (QED) is 0.320. The van der Waals surface area contributed by atoms with Crippen molar-refractivity contribution in [3.63, 3.8) is 0 Å². The molecule has 1 aliphatic rings. The van der Waals surface area contributed by atoms with Gasteiger partial charge in [-0.25, -0.2) is 14.4 Å². The molecule has 38 heavy (non-hydrogen) atoms. The number of anilines is 1. The van der Waals surface area contributed by atoms with Crippen LogP contribution >= 0.6 is 0 Å².